The van der Waals surface area contributed by atoms with Gasteiger partial charge in [0.1, 0.15) is 16.5 Å². The normalized spacial score (nSPS) is 16.4. The van der Waals surface area contributed by atoms with Crippen molar-refractivity contribution in [2.24, 2.45) is 0 Å². The van der Waals surface area contributed by atoms with Crippen molar-refractivity contribution >= 4 is 43.4 Å². The lowest BCUT2D eigenvalue weighted by Gasteiger charge is -2.25. The van der Waals surface area contributed by atoms with E-state index in [-0.39, 0.29) is 48.2 Å². The zero-order valence-electron chi connectivity index (χ0n) is 28.5. The van der Waals surface area contributed by atoms with Crippen LogP contribution >= 0.6 is 0 Å². The van der Waals surface area contributed by atoms with Crippen LogP contribution in [-0.2, 0) is 27.9 Å². The molecule has 7 rings (SSSR count). The number of ether oxygens (including phenoxy) is 1. The number of aryl methyl sites for hydroxylation is 3. The molecule has 1 aliphatic rings. The molecule has 0 spiro atoms. The van der Waals surface area contributed by atoms with Gasteiger partial charge in [0, 0.05) is 48.6 Å². The molecular weight excluding hydrogens is 651 g/mol. The van der Waals surface area contributed by atoms with Crippen LogP contribution in [0.4, 0.5) is 5.69 Å². The third kappa shape index (κ3) is 6.20. The van der Waals surface area contributed by atoms with Gasteiger partial charge in [-0.25, -0.2) is 18.1 Å². The summed E-state index contributed by atoms with van der Waals surface area (Å²) in [5.74, 6) is -0.411. The summed E-state index contributed by atoms with van der Waals surface area (Å²) in [5.41, 5.74) is 6.91. The summed E-state index contributed by atoms with van der Waals surface area (Å²) >= 11 is 0. The molecule has 1 aliphatic heterocycles. The van der Waals surface area contributed by atoms with Crippen molar-refractivity contribution in [1.29, 1.82) is 0 Å². The van der Waals surface area contributed by atoms with Crippen LogP contribution in [-0.4, -0.2) is 56.2 Å². The number of nitrogens with one attached hydrogen (secondary N) is 1. The fraction of sp³-hybridized carbons (Fsp3) is 0.289. The predicted molar refractivity (Wildman–Crippen MR) is 192 cm³/mol. The second kappa shape index (κ2) is 13.6. The maximum atomic E-state index is 14.0. The van der Waals surface area contributed by atoms with E-state index >= 15 is 0 Å². The van der Waals surface area contributed by atoms with Crippen molar-refractivity contribution in [1.82, 2.24) is 29.3 Å². The molecule has 6 aromatic rings. The average molecular weight is 690 g/mol. The van der Waals surface area contributed by atoms with Crippen molar-refractivity contribution in [3.05, 3.63) is 113 Å². The molecule has 50 heavy (non-hydrogen) atoms. The van der Waals surface area contributed by atoms with Crippen LogP contribution < -0.4 is 10.1 Å². The monoisotopic (exact) mass is 689 g/mol. The summed E-state index contributed by atoms with van der Waals surface area (Å²) in [7, 11) is -3.91. The van der Waals surface area contributed by atoms with Gasteiger partial charge >= 0.3 is 0 Å². The van der Waals surface area contributed by atoms with Crippen molar-refractivity contribution in [2.75, 3.05) is 11.9 Å². The SMILES string of the molecule is CC[C@@H]1CN(Cc2cc([C@H](CC(=O)Nc3cncc4ccccc34)c3ccc4c(nnn4CC)c3C)ccc2C)S(=O)(=O)c2cccnc2O1. The van der Waals surface area contributed by atoms with Crippen molar-refractivity contribution < 1.29 is 17.9 Å². The maximum absolute atomic E-state index is 14.0. The molecule has 3 aromatic carbocycles. The summed E-state index contributed by atoms with van der Waals surface area (Å²) in [4.78, 5) is 22.6. The number of rotatable bonds is 9. The highest BCUT2D eigenvalue weighted by Gasteiger charge is 2.35. The highest BCUT2D eigenvalue weighted by molar-refractivity contribution is 7.89. The zero-order valence-corrected chi connectivity index (χ0v) is 29.3. The molecule has 12 heteroatoms. The number of nitrogens with zero attached hydrogens (tertiary/aromatic N) is 6. The van der Waals surface area contributed by atoms with Gasteiger partial charge in [-0.3, -0.25) is 9.78 Å². The fourth-order valence-electron chi connectivity index (χ4n) is 6.75. The Morgan fingerprint density at radius 3 is 2.70 bits per heavy atom. The Morgan fingerprint density at radius 1 is 1.04 bits per heavy atom. The molecule has 2 atom stereocenters. The number of carbonyl (C=O) groups excluding carboxylic acids is 1. The van der Waals surface area contributed by atoms with Gasteiger partial charge in [0.25, 0.3) is 0 Å². The van der Waals surface area contributed by atoms with Crippen LogP contribution in [0, 0.1) is 13.8 Å². The molecule has 1 amide bonds. The third-order valence-electron chi connectivity index (χ3n) is 9.61. The molecule has 0 bridgehead atoms. The van der Waals surface area contributed by atoms with Gasteiger partial charge in [-0.15, -0.1) is 5.10 Å². The Kier molecular flexibility index (Phi) is 9.06. The van der Waals surface area contributed by atoms with Gasteiger partial charge < -0.3 is 10.1 Å². The molecule has 0 aliphatic carbocycles. The number of hydrogen-bond acceptors (Lipinski definition) is 8. The first-order valence-corrected chi connectivity index (χ1v) is 18.3. The van der Waals surface area contributed by atoms with Crippen LogP contribution in [0.2, 0.25) is 0 Å². The smallest absolute Gasteiger partial charge is 0.248 e. The largest absolute Gasteiger partial charge is 0.472 e. The van der Waals surface area contributed by atoms with Gasteiger partial charge in [0.15, 0.2) is 0 Å². The maximum Gasteiger partial charge on any atom is 0.248 e. The first kappa shape index (κ1) is 33.3. The minimum absolute atomic E-state index is 0.0614. The number of anilines is 1. The van der Waals surface area contributed by atoms with Crippen molar-refractivity contribution in [3.8, 4) is 5.88 Å². The van der Waals surface area contributed by atoms with Gasteiger partial charge in [-0.05, 0) is 73.2 Å². The molecule has 3 aromatic heterocycles. The fourth-order valence-corrected chi connectivity index (χ4v) is 8.28. The topological polar surface area (TPSA) is 132 Å². The van der Waals surface area contributed by atoms with Crippen LogP contribution in [0.5, 0.6) is 5.88 Å². The van der Waals surface area contributed by atoms with Crippen LogP contribution in [0.1, 0.15) is 60.4 Å². The Hall–Kier alpha value is -5.20. The second-order valence-corrected chi connectivity index (χ2v) is 14.6. The number of hydrogen-bond donors (Lipinski definition) is 1. The lowest BCUT2D eigenvalue weighted by atomic mass is 9.84. The van der Waals surface area contributed by atoms with Gasteiger partial charge in [0.2, 0.25) is 21.8 Å². The predicted octanol–water partition coefficient (Wildman–Crippen LogP) is 6.53. The highest BCUT2D eigenvalue weighted by atomic mass is 32.2. The van der Waals surface area contributed by atoms with E-state index in [1.54, 1.807) is 30.7 Å². The molecule has 0 radical (unpaired) electrons. The van der Waals surface area contributed by atoms with E-state index in [2.05, 4.69) is 31.7 Å². The number of fused-ring (bicyclic) bond motifs is 3. The molecule has 256 valence electrons. The van der Waals surface area contributed by atoms with Gasteiger partial charge in [-0.2, -0.15) is 4.31 Å². The van der Waals surface area contributed by atoms with Crippen molar-refractivity contribution in [3.63, 3.8) is 0 Å². The van der Waals surface area contributed by atoms with Crippen molar-refractivity contribution in [2.45, 2.75) is 70.5 Å². The van der Waals surface area contributed by atoms with E-state index in [9.17, 15) is 13.2 Å². The number of benzene rings is 3. The standard InChI is InChI=1S/C38H39N7O4S/c1-5-29-23-44(50(47,48)35-12-9-17-40-38(35)49-29)22-28-18-26(14-13-24(28)3)32(30-15-16-34-37(25(30)4)42-43-45(34)6-2)19-36(46)41-33-21-39-20-27-10-7-8-11-31(27)33/h7-18,20-21,29,32H,5-6,19,22-23H2,1-4H3,(H,41,46)/t29-,32+/m1/s1. The van der Waals surface area contributed by atoms with E-state index in [0.717, 1.165) is 49.6 Å². The summed E-state index contributed by atoms with van der Waals surface area (Å²) in [6.45, 7) is 8.99. The second-order valence-electron chi connectivity index (χ2n) is 12.7. The number of pyridine rings is 2. The van der Waals surface area contributed by atoms with Crippen LogP contribution in [0.3, 0.4) is 0 Å². The lowest BCUT2D eigenvalue weighted by molar-refractivity contribution is -0.116. The lowest BCUT2D eigenvalue weighted by Crippen LogP contribution is -2.36. The Balaban J connectivity index is 1.28. The van der Waals surface area contributed by atoms with E-state index in [0.29, 0.717) is 18.7 Å². The average Bonchev–Trinajstić information content (AvgIpc) is 3.51. The molecule has 0 unspecified atom stereocenters. The molecular formula is C38H39N7O4S. The zero-order chi connectivity index (χ0) is 35.0. The summed E-state index contributed by atoms with van der Waals surface area (Å²) in [6, 6.07) is 21.1. The molecule has 4 heterocycles. The minimum Gasteiger partial charge on any atom is -0.472 e. The van der Waals surface area contributed by atoms with E-state index in [4.69, 9.17) is 4.74 Å². The quantitative estimate of drug-likeness (QED) is 0.181. The Morgan fingerprint density at radius 2 is 1.88 bits per heavy atom. The molecule has 0 fully saturated rings. The minimum atomic E-state index is -3.91. The Bertz CT molecular complexity index is 2330. The van der Waals surface area contributed by atoms with Crippen LogP contribution in [0.15, 0.2) is 90.2 Å². The van der Waals surface area contributed by atoms with E-state index in [1.165, 1.54) is 4.31 Å². The van der Waals surface area contributed by atoms with E-state index in [1.807, 2.05) is 80.9 Å². The number of aromatic nitrogens is 5. The number of sulfonamides is 1. The van der Waals surface area contributed by atoms with Gasteiger partial charge in [0.05, 0.1) is 23.9 Å². The van der Waals surface area contributed by atoms with Gasteiger partial charge in [-0.1, -0.05) is 60.7 Å². The number of carbonyl (C=O) groups is 1. The molecule has 0 saturated carbocycles. The number of amides is 1. The van der Waals surface area contributed by atoms with Crippen LogP contribution in [0.25, 0.3) is 21.8 Å². The third-order valence-corrected chi connectivity index (χ3v) is 11.4. The highest BCUT2D eigenvalue weighted by Crippen LogP contribution is 2.36. The Labute approximate surface area is 291 Å². The molecule has 11 nitrogen and oxygen atoms in total. The summed E-state index contributed by atoms with van der Waals surface area (Å²) in [6.07, 6.45) is 5.39. The molecule has 1 N–H and O–H groups in total. The first-order chi connectivity index (χ1) is 24.2. The molecule has 0 saturated heterocycles. The summed E-state index contributed by atoms with van der Waals surface area (Å²) < 4.78 is 37.3. The first-order valence-electron chi connectivity index (χ1n) is 16.8. The summed E-state index contributed by atoms with van der Waals surface area (Å²) in [5, 5.41) is 13.8. The van der Waals surface area contributed by atoms with E-state index < -0.39 is 10.0 Å².